The lowest BCUT2D eigenvalue weighted by molar-refractivity contribution is 0.277. The molecule has 0 saturated carbocycles. The predicted molar refractivity (Wildman–Crippen MR) is 95.2 cm³/mol. The van der Waals surface area contributed by atoms with Gasteiger partial charge in [0.25, 0.3) is 11.6 Å². The minimum absolute atomic E-state index is 0.117. The summed E-state index contributed by atoms with van der Waals surface area (Å²) in [5.41, 5.74) is 6.34. The zero-order valence-corrected chi connectivity index (χ0v) is 14.5. The average Bonchev–Trinajstić information content (AvgIpc) is 3.00. The molecular formula is C16H20N6O4. The first-order valence-electron chi connectivity index (χ1n) is 8.03. The molecular weight excluding hydrogens is 340 g/mol. The van der Waals surface area contributed by atoms with Crippen molar-refractivity contribution in [3.05, 3.63) is 44.9 Å². The number of rotatable bonds is 6. The number of aliphatic hydroxyl groups is 1. The SMILES string of the molecule is COc1nc2c(c(=O)n(CCCO)c(=O)n2C)n1Cc1ccc(N)cn1. The summed E-state index contributed by atoms with van der Waals surface area (Å²) in [6.07, 6.45) is 1.82. The van der Waals surface area contributed by atoms with E-state index in [1.54, 1.807) is 16.7 Å². The molecule has 0 amide bonds. The van der Waals surface area contributed by atoms with Crippen LogP contribution in [0.15, 0.2) is 27.9 Å². The van der Waals surface area contributed by atoms with Crippen molar-refractivity contribution < 1.29 is 9.84 Å². The number of nitrogen functional groups attached to an aromatic ring is 1. The van der Waals surface area contributed by atoms with E-state index in [4.69, 9.17) is 15.6 Å². The fourth-order valence-corrected chi connectivity index (χ4v) is 2.77. The second-order valence-electron chi connectivity index (χ2n) is 5.82. The van der Waals surface area contributed by atoms with Crippen LogP contribution in [-0.2, 0) is 20.1 Å². The smallest absolute Gasteiger partial charge is 0.332 e. The third-order valence-corrected chi connectivity index (χ3v) is 4.09. The van der Waals surface area contributed by atoms with Crippen LogP contribution >= 0.6 is 0 Å². The van der Waals surface area contributed by atoms with Crippen LogP contribution in [0.2, 0.25) is 0 Å². The Labute approximate surface area is 148 Å². The van der Waals surface area contributed by atoms with E-state index in [9.17, 15) is 9.59 Å². The van der Waals surface area contributed by atoms with E-state index in [0.717, 1.165) is 4.57 Å². The Morgan fingerprint density at radius 1 is 1.27 bits per heavy atom. The van der Waals surface area contributed by atoms with Crippen LogP contribution in [0.1, 0.15) is 12.1 Å². The Morgan fingerprint density at radius 2 is 2.04 bits per heavy atom. The first kappa shape index (κ1) is 17.7. The minimum atomic E-state index is -0.492. The standard InChI is InChI=1S/C16H20N6O4/c1-20-13-12(14(24)21(16(20)25)6-3-7-23)22(15(19-13)26-2)9-11-5-4-10(17)8-18-11/h4-5,8,23H,3,6-7,9,17H2,1-2H3. The Morgan fingerprint density at radius 3 is 2.65 bits per heavy atom. The van der Waals surface area contributed by atoms with Crippen molar-refractivity contribution in [3.63, 3.8) is 0 Å². The van der Waals surface area contributed by atoms with E-state index in [0.29, 0.717) is 17.8 Å². The van der Waals surface area contributed by atoms with Gasteiger partial charge in [0.15, 0.2) is 11.2 Å². The predicted octanol–water partition coefficient (Wildman–Crippen LogP) is -0.687. The highest BCUT2D eigenvalue weighted by Gasteiger charge is 2.21. The quantitative estimate of drug-likeness (QED) is 0.595. The highest BCUT2D eigenvalue weighted by atomic mass is 16.5. The van der Waals surface area contributed by atoms with E-state index in [1.165, 1.54) is 24.9 Å². The van der Waals surface area contributed by atoms with Crippen molar-refractivity contribution in [1.29, 1.82) is 0 Å². The fourth-order valence-electron chi connectivity index (χ4n) is 2.77. The molecule has 138 valence electrons. The van der Waals surface area contributed by atoms with E-state index in [1.807, 2.05) is 0 Å². The van der Waals surface area contributed by atoms with Crippen LogP contribution in [-0.4, -0.2) is 42.5 Å². The van der Waals surface area contributed by atoms with E-state index in [-0.39, 0.29) is 36.9 Å². The number of imidazole rings is 1. The molecule has 3 heterocycles. The van der Waals surface area contributed by atoms with Crippen LogP contribution in [0.25, 0.3) is 11.2 Å². The molecule has 0 spiro atoms. The molecule has 0 aliphatic rings. The summed E-state index contributed by atoms with van der Waals surface area (Å²) in [5.74, 6) is 0. The highest BCUT2D eigenvalue weighted by Crippen LogP contribution is 2.19. The van der Waals surface area contributed by atoms with Crippen molar-refractivity contribution in [2.75, 3.05) is 19.5 Å². The first-order valence-corrected chi connectivity index (χ1v) is 8.03. The van der Waals surface area contributed by atoms with Crippen LogP contribution in [0, 0.1) is 0 Å². The second-order valence-corrected chi connectivity index (χ2v) is 5.82. The number of aryl methyl sites for hydroxylation is 1. The number of pyridine rings is 1. The summed E-state index contributed by atoms with van der Waals surface area (Å²) < 4.78 is 9.25. The van der Waals surface area contributed by atoms with Gasteiger partial charge in [0, 0.05) is 20.2 Å². The maximum atomic E-state index is 12.9. The van der Waals surface area contributed by atoms with Gasteiger partial charge in [0.1, 0.15) is 0 Å². The fraction of sp³-hybridized carbons (Fsp3) is 0.375. The van der Waals surface area contributed by atoms with Gasteiger partial charge in [-0.2, -0.15) is 4.98 Å². The summed E-state index contributed by atoms with van der Waals surface area (Å²) >= 11 is 0. The van der Waals surface area contributed by atoms with Gasteiger partial charge in [-0.15, -0.1) is 0 Å². The van der Waals surface area contributed by atoms with E-state index < -0.39 is 11.2 Å². The highest BCUT2D eigenvalue weighted by molar-refractivity contribution is 5.72. The van der Waals surface area contributed by atoms with Crippen molar-refractivity contribution >= 4 is 16.9 Å². The molecule has 0 unspecified atom stereocenters. The van der Waals surface area contributed by atoms with Crippen LogP contribution in [0.5, 0.6) is 6.01 Å². The molecule has 0 aliphatic carbocycles. The molecule has 3 rings (SSSR count). The molecule has 0 fully saturated rings. The van der Waals surface area contributed by atoms with Crippen molar-refractivity contribution in [2.45, 2.75) is 19.5 Å². The van der Waals surface area contributed by atoms with Gasteiger partial charge in [-0.05, 0) is 18.6 Å². The molecule has 26 heavy (non-hydrogen) atoms. The maximum Gasteiger partial charge on any atom is 0.332 e. The number of fused-ring (bicyclic) bond motifs is 1. The number of methoxy groups -OCH3 is 1. The molecule has 3 aromatic rings. The number of nitrogens with two attached hydrogens (primary N) is 1. The van der Waals surface area contributed by atoms with Crippen molar-refractivity contribution in [3.8, 4) is 6.01 Å². The van der Waals surface area contributed by atoms with Gasteiger partial charge < -0.3 is 15.6 Å². The monoisotopic (exact) mass is 360 g/mol. The number of aromatic nitrogens is 5. The molecule has 0 atom stereocenters. The molecule has 0 saturated heterocycles. The molecule has 0 bridgehead atoms. The average molecular weight is 360 g/mol. The van der Waals surface area contributed by atoms with Gasteiger partial charge in [-0.25, -0.2) is 4.79 Å². The number of hydrogen-bond acceptors (Lipinski definition) is 7. The zero-order chi connectivity index (χ0) is 18.8. The van der Waals surface area contributed by atoms with Crippen molar-refractivity contribution in [2.24, 2.45) is 7.05 Å². The normalized spacial score (nSPS) is 11.2. The largest absolute Gasteiger partial charge is 0.468 e. The zero-order valence-electron chi connectivity index (χ0n) is 14.5. The molecule has 3 aromatic heterocycles. The van der Waals surface area contributed by atoms with Crippen LogP contribution in [0.4, 0.5) is 5.69 Å². The Hall–Kier alpha value is -3.14. The second kappa shape index (κ2) is 7.00. The van der Waals surface area contributed by atoms with Gasteiger partial charge >= 0.3 is 5.69 Å². The summed E-state index contributed by atoms with van der Waals surface area (Å²) in [6.45, 7) is 0.227. The molecule has 0 radical (unpaired) electrons. The summed E-state index contributed by atoms with van der Waals surface area (Å²) in [4.78, 5) is 33.9. The number of aliphatic hydroxyl groups excluding tert-OH is 1. The van der Waals surface area contributed by atoms with Gasteiger partial charge in [0.05, 0.1) is 31.2 Å². The van der Waals surface area contributed by atoms with Gasteiger partial charge in [-0.1, -0.05) is 0 Å². The topological polar surface area (TPSA) is 130 Å². The number of nitrogens with zero attached hydrogens (tertiary/aromatic N) is 5. The van der Waals surface area contributed by atoms with Gasteiger partial charge in [-0.3, -0.25) is 23.5 Å². The molecule has 10 heteroatoms. The Kier molecular flexibility index (Phi) is 4.76. The van der Waals surface area contributed by atoms with E-state index in [2.05, 4.69) is 9.97 Å². The lowest BCUT2D eigenvalue weighted by Crippen LogP contribution is -2.39. The molecule has 3 N–H and O–H groups in total. The van der Waals surface area contributed by atoms with Gasteiger partial charge in [0.2, 0.25) is 0 Å². The molecule has 0 aromatic carbocycles. The van der Waals surface area contributed by atoms with Crippen LogP contribution < -0.4 is 21.7 Å². The minimum Gasteiger partial charge on any atom is -0.468 e. The first-order chi connectivity index (χ1) is 12.5. The number of ether oxygens (including phenoxy) is 1. The third kappa shape index (κ3) is 2.94. The summed E-state index contributed by atoms with van der Waals surface area (Å²) in [5, 5.41) is 9.03. The lowest BCUT2D eigenvalue weighted by Gasteiger charge is -2.10. The van der Waals surface area contributed by atoms with E-state index >= 15 is 0 Å². The number of hydrogen-bond donors (Lipinski definition) is 2. The third-order valence-electron chi connectivity index (χ3n) is 4.09. The Bertz CT molecular complexity index is 1050. The summed E-state index contributed by atoms with van der Waals surface area (Å²) in [7, 11) is 2.98. The number of anilines is 1. The van der Waals surface area contributed by atoms with Crippen LogP contribution in [0.3, 0.4) is 0 Å². The molecule has 10 nitrogen and oxygen atoms in total. The maximum absolute atomic E-state index is 12.9. The lowest BCUT2D eigenvalue weighted by atomic mass is 10.3. The molecule has 0 aliphatic heterocycles. The van der Waals surface area contributed by atoms with Crippen molar-refractivity contribution in [1.82, 2.24) is 23.7 Å². The Balaban J connectivity index is 2.24. The summed E-state index contributed by atoms with van der Waals surface area (Å²) in [6, 6.07) is 3.65.